The molecule has 0 unspecified atom stereocenters. The second-order valence-corrected chi connectivity index (χ2v) is 5.33. The summed E-state index contributed by atoms with van der Waals surface area (Å²) < 4.78 is 5.37. The van der Waals surface area contributed by atoms with Crippen molar-refractivity contribution < 1.29 is 4.74 Å². The van der Waals surface area contributed by atoms with Crippen LogP contribution in [0.15, 0.2) is 18.2 Å². The predicted molar refractivity (Wildman–Crippen MR) is 79.6 cm³/mol. The highest BCUT2D eigenvalue weighted by Gasteiger charge is 2.19. The van der Waals surface area contributed by atoms with E-state index in [4.69, 9.17) is 34.3 Å². The number of thiocarbonyl (C=S) groups is 1. The maximum absolute atomic E-state index is 6.19. The Morgan fingerprint density at radius 3 is 2.67 bits per heavy atom. The molecule has 0 spiro atoms. The van der Waals surface area contributed by atoms with Crippen LogP contribution in [-0.2, 0) is 4.74 Å². The third kappa shape index (κ3) is 2.94. The van der Waals surface area contributed by atoms with Crippen LogP contribution >= 0.6 is 23.8 Å². The molecule has 0 atom stereocenters. The Labute approximate surface area is 118 Å². The molecule has 1 aromatic rings. The quantitative estimate of drug-likeness (QED) is 0.866. The molecule has 0 saturated carbocycles. The summed E-state index contributed by atoms with van der Waals surface area (Å²) in [5.41, 5.74) is 7.42. The number of anilines is 1. The van der Waals surface area contributed by atoms with Crippen LogP contribution in [-0.4, -0.2) is 31.3 Å². The lowest BCUT2D eigenvalue weighted by Gasteiger charge is -2.33. The fourth-order valence-corrected chi connectivity index (χ4v) is 2.72. The fraction of sp³-hybridized carbons (Fsp3) is 0.462. The van der Waals surface area contributed by atoms with Gasteiger partial charge in [0.15, 0.2) is 0 Å². The fourth-order valence-electron chi connectivity index (χ4n) is 2.21. The van der Waals surface area contributed by atoms with Crippen LogP contribution in [0.5, 0.6) is 0 Å². The number of hydrogen-bond acceptors (Lipinski definition) is 3. The molecule has 2 N–H and O–H groups in total. The molecule has 98 valence electrons. The number of benzene rings is 1. The Hall–Kier alpha value is -0.840. The number of nitrogens with two attached hydrogens (primary N) is 1. The Balaban J connectivity index is 2.17. The van der Waals surface area contributed by atoms with Crippen molar-refractivity contribution in [3.8, 4) is 0 Å². The first-order valence-corrected chi connectivity index (χ1v) is 6.78. The van der Waals surface area contributed by atoms with Crippen LogP contribution in [0, 0.1) is 0 Å². The number of rotatable bonds is 3. The van der Waals surface area contributed by atoms with E-state index in [9.17, 15) is 0 Å². The summed E-state index contributed by atoms with van der Waals surface area (Å²) in [4.78, 5) is 2.58. The standard InChI is InChI=1S/C13H17ClN2OS/c1-16(9-4-6-17-7-5-9)10-2-3-11(13(15)18)12(14)8-10/h2-3,8-9H,4-7H2,1H3,(H2,15,18). The van der Waals surface area contributed by atoms with Gasteiger partial charge in [-0.05, 0) is 31.0 Å². The zero-order valence-corrected chi connectivity index (χ0v) is 11.9. The Morgan fingerprint density at radius 2 is 2.11 bits per heavy atom. The van der Waals surface area contributed by atoms with Crippen LogP contribution in [0.2, 0.25) is 5.02 Å². The summed E-state index contributed by atoms with van der Waals surface area (Å²) in [6.45, 7) is 1.65. The molecule has 1 fully saturated rings. The van der Waals surface area contributed by atoms with Crippen molar-refractivity contribution >= 4 is 34.5 Å². The Morgan fingerprint density at radius 1 is 1.44 bits per heavy atom. The van der Waals surface area contributed by atoms with Crippen LogP contribution in [0.25, 0.3) is 0 Å². The highest BCUT2D eigenvalue weighted by atomic mass is 35.5. The topological polar surface area (TPSA) is 38.5 Å². The molecule has 1 aliphatic rings. The van der Waals surface area contributed by atoms with Gasteiger partial charge in [-0.2, -0.15) is 0 Å². The Kier molecular flexibility index (Phi) is 4.43. The van der Waals surface area contributed by atoms with Crippen LogP contribution < -0.4 is 10.6 Å². The second-order valence-electron chi connectivity index (χ2n) is 4.48. The van der Waals surface area contributed by atoms with Gasteiger partial charge in [-0.3, -0.25) is 0 Å². The van der Waals surface area contributed by atoms with Gasteiger partial charge in [-0.1, -0.05) is 23.8 Å². The summed E-state index contributed by atoms with van der Waals surface area (Å²) in [7, 11) is 2.09. The van der Waals surface area contributed by atoms with E-state index >= 15 is 0 Å². The zero-order valence-electron chi connectivity index (χ0n) is 10.4. The van der Waals surface area contributed by atoms with E-state index in [0.717, 1.165) is 37.3 Å². The molecule has 0 amide bonds. The molecule has 3 nitrogen and oxygen atoms in total. The molecule has 0 aromatic heterocycles. The lowest BCUT2D eigenvalue weighted by atomic mass is 10.1. The van der Waals surface area contributed by atoms with Crippen LogP contribution in [0.1, 0.15) is 18.4 Å². The average molecular weight is 285 g/mol. The van der Waals surface area contributed by atoms with Crippen molar-refractivity contribution in [2.75, 3.05) is 25.2 Å². The van der Waals surface area contributed by atoms with Crippen molar-refractivity contribution in [2.24, 2.45) is 5.73 Å². The van der Waals surface area contributed by atoms with Crippen molar-refractivity contribution in [1.82, 2.24) is 0 Å². The maximum Gasteiger partial charge on any atom is 0.105 e. The van der Waals surface area contributed by atoms with Crippen molar-refractivity contribution in [3.05, 3.63) is 28.8 Å². The molecule has 0 bridgehead atoms. The first-order valence-electron chi connectivity index (χ1n) is 5.99. The number of ether oxygens (including phenoxy) is 1. The molecule has 0 aliphatic carbocycles. The molecule has 1 heterocycles. The number of halogens is 1. The zero-order chi connectivity index (χ0) is 13.1. The lowest BCUT2D eigenvalue weighted by Crippen LogP contribution is -2.36. The van der Waals surface area contributed by atoms with Crippen molar-refractivity contribution in [2.45, 2.75) is 18.9 Å². The molecular weight excluding hydrogens is 268 g/mol. The van der Waals surface area contributed by atoms with Gasteiger partial charge in [-0.15, -0.1) is 0 Å². The smallest absolute Gasteiger partial charge is 0.105 e. The van der Waals surface area contributed by atoms with E-state index in [2.05, 4.69) is 11.9 Å². The maximum atomic E-state index is 6.19. The van der Waals surface area contributed by atoms with Crippen LogP contribution in [0.4, 0.5) is 5.69 Å². The first kappa shape index (κ1) is 13.6. The van der Waals surface area contributed by atoms with Crippen LogP contribution in [0.3, 0.4) is 0 Å². The van der Waals surface area contributed by atoms with E-state index < -0.39 is 0 Å². The summed E-state index contributed by atoms with van der Waals surface area (Å²) in [6, 6.07) is 6.32. The monoisotopic (exact) mass is 284 g/mol. The molecule has 5 heteroatoms. The number of nitrogens with zero attached hydrogens (tertiary/aromatic N) is 1. The van der Waals surface area contributed by atoms with Gasteiger partial charge in [0.25, 0.3) is 0 Å². The van der Waals surface area contributed by atoms with E-state index in [-0.39, 0.29) is 0 Å². The van der Waals surface area contributed by atoms with E-state index in [0.29, 0.717) is 16.1 Å². The molecule has 0 radical (unpaired) electrons. The first-order chi connectivity index (χ1) is 8.59. The van der Waals surface area contributed by atoms with Crippen molar-refractivity contribution in [3.63, 3.8) is 0 Å². The minimum atomic E-state index is 0.334. The summed E-state index contributed by atoms with van der Waals surface area (Å²) in [5, 5.41) is 0.610. The van der Waals surface area contributed by atoms with Crippen molar-refractivity contribution in [1.29, 1.82) is 0 Å². The summed E-state index contributed by atoms with van der Waals surface area (Å²) >= 11 is 11.1. The van der Waals surface area contributed by atoms with E-state index in [1.54, 1.807) is 0 Å². The Bertz CT molecular complexity index is 447. The van der Waals surface area contributed by atoms with Gasteiger partial charge in [-0.25, -0.2) is 0 Å². The molecule has 1 aliphatic heterocycles. The van der Waals surface area contributed by atoms with Gasteiger partial charge in [0.1, 0.15) is 4.99 Å². The SMILES string of the molecule is CN(c1ccc(C(N)=S)c(Cl)c1)C1CCOCC1. The van der Waals surface area contributed by atoms with Gasteiger partial charge in [0.2, 0.25) is 0 Å². The third-order valence-electron chi connectivity index (χ3n) is 3.36. The van der Waals surface area contributed by atoms with E-state index in [1.165, 1.54) is 0 Å². The molecule has 18 heavy (non-hydrogen) atoms. The third-order valence-corrected chi connectivity index (χ3v) is 3.90. The molecule has 1 saturated heterocycles. The minimum absolute atomic E-state index is 0.334. The highest BCUT2D eigenvalue weighted by molar-refractivity contribution is 7.80. The van der Waals surface area contributed by atoms with Gasteiger partial charge < -0.3 is 15.4 Å². The van der Waals surface area contributed by atoms with Gasteiger partial charge in [0.05, 0.1) is 5.02 Å². The second kappa shape index (κ2) is 5.87. The summed E-state index contributed by atoms with van der Waals surface area (Å²) in [6.07, 6.45) is 2.09. The normalized spacial score (nSPS) is 16.6. The summed E-state index contributed by atoms with van der Waals surface area (Å²) in [5.74, 6) is 0. The number of hydrogen-bond donors (Lipinski definition) is 1. The highest BCUT2D eigenvalue weighted by Crippen LogP contribution is 2.26. The van der Waals surface area contributed by atoms with E-state index in [1.807, 2.05) is 18.2 Å². The minimum Gasteiger partial charge on any atom is -0.389 e. The van der Waals surface area contributed by atoms with Gasteiger partial charge in [0, 0.05) is 37.6 Å². The average Bonchev–Trinajstić information content (AvgIpc) is 2.38. The molecule has 2 rings (SSSR count). The predicted octanol–water partition coefficient (Wildman–Crippen LogP) is 2.59. The molecular formula is C13H17ClN2OS. The molecule has 1 aromatic carbocycles. The largest absolute Gasteiger partial charge is 0.389 e. The van der Waals surface area contributed by atoms with Gasteiger partial charge >= 0.3 is 0 Å². The lowest BCUT2D eigenvalue weighted by molar-refractivity contribution is 0.0855.